The van der Waals surface area contributed by atoms with Crippen LogP contribution in [0.15, 0.2) is 103 Å². The highest BCUT2D eigenvalue weighted by Gasteiger charge is 2.20. The largest absolute Gasteiger partial charge is 0.278 e. The first-order chi connectivity index (χ1) is 20.8. The highest BCUT2D eigenvalue weighted by atomic mass is 32.1. The molecule has 0 bridgehead atoms. The van der Waals surface area contributed by atoms with E-state index in [0.717, 1.165) is 64.5 Å². The first-order valence-corrected chi connectivity index (χ1v) is 15.5. The molecule has 0 radical (unpaired) electrons. The molecule has 0 aliphatic heterocycles. The zero-order chi connectivity index (χ0) is 27.6. The van der Waals surface area contributed by atoms with Gasteiger partial charge in [-0.15, -0.1) is 11.3 Å². The second-order valence-electron chi connectivity index (χ2n) is 11.2. The molecule has 2 aliphatic rings. The first kappa shape index (κ1) is 23.9. The third-order valence-electron chi connectivity index (χ3n) is 8.66. The van der Waals surface area contributed by atoms with Crippen LogP contribution >= 0.6 is 11.3 Å². The molecule has 0 amide bonds. The Morgan fingerprint density at radius 1 is 0.643 bits per heavy atom. The van der Waals surface area contributed by atoms with Crippen LogP contribution in [0.4, 0.5) is 0 Å². The maximum Gasteiger partial charge on any atom is 0.235 e. The number of aromatic nitrogens is 3. The van der Waals surface area contributed by atoms with Crippen LogP contribution < -0.4 is 10.6 Å². The van der Waals surface area contributed by atoms with E-state index in [9.17, 15) is 0 Å². The molecule has 0 saturated carbocycles. The molecule has 0 N–H and O–H groups in total. The van der Waals surface area contributed by atoms with Gasteiger partial charge < -0.3 is 0 Å². The van der Waals surface area contributed by atoms with Crippen LogP contribution in [0, 0.1) is 0 Å². The van der Waals surface area contributed by atoms with Crippen LogP contribution in [0.5, 0.6) is 0 Å². The average Bonchev–Trinajstić information content (AvgIpc) is 3.60. The number of para-hydroxylation sites is 1. The molecule has 9 rings (SSSR count). The van der Waals surface area contributed by atoms with E-state index in [0.29, 0.717) is 0 Å². The molecule has 0 saturated heterocycles. The van der Waals surface area contributed by atoms with E-state index < -0.39 is 0 Å². The lowest BCUT2D eigenvalue weighted by atomic mass is 9.96. The van der Waals surface area contributed by atoms with Gasteiger partial charge in [-0.05, 0) is 61.1 Å². The fraction of sp³-hybridized carbons (Fsp3) is 0.105. The van der Waals surface area contributed by atoms with Crippen molar-refractivity contribution >= 4 is 71.0 Å². The van der Waals surface area contributed by atoms with Gasteiger partial charge >= 0.3 is 0 Å². The Balaban J connectivity index is 1.34. The van der Waals surface area contributed by atoms with Crippen LogP contribution in [0.3, 0.4) is 0 Å². The van der Waals surface area contributed by atoms with Crippen LogP contribution in [-0.4, -0.2) is 14.5 Å². The van der Waals surface area contributed by atoms with Crippen LogP contribution in [0.2, 0.25) is 0 Å². The Morgan fingerprint density at radius 2 is 1.48 bits per heavy atom. The summed E-state index contributed by atoms with van der Waals surface area (Å²) in [5.74, 6) is 0.726. The maximum atomic E-state index is 5.37. The molecule has 200 valence electrons. The third kappa shape index (κ3) is 3.58. The van der Waals surface area contributed by atoms with Crippen LogP contribution in [-0.2, 0) is 0 Å². The smallest absolute Gasteiger partial charge is 0.235 e. The van der Waals surface area contributed by atoms with Crippen molar-refractivity contribution in [1.29, 1.82) is 0 Å². The minimum Gasteiger partial charge on any atom is -0.278 e. The molecular formula is C38H27N3S. The van der Waals surface area contributed by atoms with Crippen molar-refractivity contribution in [2.75, 3.05) is 0 Å². The highest BCUT2D eigenvalue weighted by Crippen LogP contribution is 2.42. The molecule has 2 aliphatic carbocycles. The summed E-state index contributed by atoms with van der Waals surface area (Å²) in [6.07, 6.45) is 15.7. The van der Waals surface area contributed by atoms with Gasteiger partial charge in [0.1, 0.15) is 0 Å². The van der Waals surface area contributed by atoms with E-state index in [-0.39, 0.29) is 0 Å². The number of hydrogen-bond acceptors (Lipinski definition) is 3. The summed E-state index contributed by atoms with van der Waals surface area (Å²) in [4.78, 5) is 10.6. The Kier molecular flexibility index (Phi) is 5.32. The molecule has 3 aromatic heterocycles. The monoisotopic (exact) mass is 557 g/mol. The normalized spacial score (nSPS) is 14.7. The standard InChI is InChI=1S/C38H27N3S/c1-2-11-24(12-3-1)25-13-10-14-26(23-25)36-29-16-4-7-18-31(29)39-38(40-36)41-32-19-8-5-17-30(32)35-33(41)22-21-28-27-15-6-9-20-34(27)42-37(28)35/h2,5-6,8-23H,1,3-4,7H2. The predicted molar refractivity (Wildman–Crippen MR) is 178 cm³/mol. The van der Waals surface area contributed by atoms with E-state index in [1.807, 2.05) is 11.3 Å². The van der Waals surface area contributed by atoms with Gasteiger partial charge in [0.15, 0.2) is 0 Å². The Hall–Kier alpha value is -4.80. The number of benzene rings is 4. The van der Waals surface area contributed by atoms with Gasteiger partial charge in [-0.1, -0.05) is 91.0 Å². The van der Waals surface area contributed by atoms with Crippen molar-refractivity contribution in [3.05, 3.63) is 119 Å². The highest BCUT2D eigenvalue weighted by molar-refractivity contribution is 7.26. The zero-order valence-electron chi connectivity index (χ0n) is 23.0. The maximum absolute atomic E-state index is 5.37. The molecule has 3 heterocycles. The molecule has 4 heteroatoms. The van der Waals surface area contributed by atoms with Crippen molar-refractivity contribution < 1.29 is 0 Å². The molecule has 7 aromatic rings. The summed E-state index contributed by atoms with van der Waals surface area (Å²) >= 11 is 1.88. The minimum atomic E-state index is 0.726. The number of nitrogens with zero attached hydrogens (tertiary/aromatic N) is 3. The Morgan fingerprint density at radius 3 is 2.40 bits per heavy atom. The fourth-order valence-corrected chi connectivity index (χ4v) is 7.98. The van der Waals surface area contributed by atoms with Gasteiger partial charge in [0, 0.05) is 41.7 Å². The SMILES string of the molecule is C1=CC(c2cccc(-c3nc(-n4c5ccccc5c5c6sc7ccccc7c6ccc54)nc4c3=CCCC=4)c2)=CCC1. The van der Waals surface area contributed by atoms with Gasteiger partial charge in [-0.25, -0.2) is 9.97 Å². The van der Waals surface area contributed by atoms with Crippen molar-refractivity contribution in [2.24, 2.45) is 0 Å². The Bertz CT molecular complexity index is 2420. The van der Waals surface area contributed by atoms with Gasteiger partial charge in [0.25, 0.3) is 0 Å². The van der Waals surface area contributed by atoms with E-state index in [4.69, 9.17) is 9.97 Å². The number of allylic oxidation sites excluding steroid dienone is 4. The van der Waals surface area contributed by atoms with E-state index >= 15 is 0 Å². The summed E-state index contributed by atoms with van der Waals surface area (Å²) in [6, 6.07) is 30.8. The molecular weight excluding hydrogens is 531 g/mol. The summed E-state index contributed by atoms with van der Waals surface area (Å²) in [7, 11) is 0. The molecule has 3 nitrogen and oxygen atoms in total. The van der Waals surface area contributed by atoms with Crippen LogP contribution in [0.1, 0.15) is 31.2 Å². The summed E-state index contributed by atoms with van der Waals surface area (Å²) in [5.41, 5.74) is 6.94. The quantitative estimate of drug-likeness (QED) is 0.218. The Labute approximate surface area is 247 Å². The lowest BCUT2D eigenvalue weighted by Gasteiger charge is -2.13. The topological polar surface area (TPSA) is 30.7 Å². The van der Waals surface area contributed by atoms with Gasteiger partial charge in [0.05, 0.1) is 22.1 Å². The molecule has 4 aromatic carbocycles. The fourth-order valence-electron chi connectivity index (χ4n) is 6.72. The molecule has 0 unspecified atom stereocenters. The van der Waals surface area contributed by atoms with Crippen LogP contribution in [0.25, 0.3) is 76.9 Å². The van der Waals surface area contributed by atoms with E-state index in [1.54, 1.807) is 0 Å². The number of hydrogen-bond donors (Lipinski definition) is 0. The second kappa shape index (κ2) is 9.37. The van der Waals surface area contributed by atoms with Crippen molar-refractivity contribution in [1.82, 2.24) is 14.5 Å². The zero-order valence-corrected chi connectivity index (χ0v) is 23.9. The molecule has 0 fully saturated rings. The van der Waals surface area contributed by atoms with Crippen molar-refractivity contribution in [3.63, 3.8) is 0 Å². The summed E-state index contributed by atoms with van der Waals surface area (Å²) in [6.45, 7) is 0. The number of thiophene rings is 1. The second-order valence-corrected chi connectivity index (χ2v) is 12.2. The van der Waals surface area contributed by atoms with Gasteiger partial charge in [-0.3, -0.25) is 4.57 Å². The van der Waals surface area contributed by atoms with E-state index in [1.165, 1.54) is 42.1 Å². The molecule has 0 spiro atoms. The average molecular weight is 558 g/mol. The molecule has 42 heavy (non-hydrogen) atoms. The van der Waals surface area contributed by atoms with Gasteiger partial charge in [-0.2, -0.15) is 0 Å². The van der Waals surface area contributed by atoms with Crippen molar-refractivity contribution in [3.8, 4) is 17.2 Å². The third-order valence-corrected chi connectivity index (χ3v) is 9.86. The minimum absolute atomic E-state index is 0.726. The lowest BCUT2D eigenvalue weighted by molar-refractivity contribution is 0.949. The number of fused-ring (bicyclic) bond motifs is 8. The first-order valence-electron chi connectivity index (χ1n) is 14.7. The predicted octanol–water partition coefficient (Wildman–Crippen LogP) is 8.70. The number of rotatable bonds is 3. The van der Waals surface area contributed by atoms with Crippen molar-refractivity contribution in [2.45, 2.75) is 25.7 Å². The lowest BCUT2D eigenvalue weighted by Crippen LogP contribution is -2.34. The summed E-state index contributed by atoms with van der Waals surface area (Å²) < 4.78 is 4.91. The summed E-state index contributed by atoms with van der Waals surface area (Å²) in [5, 5.41) is 7.31. The van der Waals surface area contributed by atoms with Gasteiger partial charge in [0.2, 0.25) is 5.95 Å². The molecule has 0 atom stereocenters. The van der Waals surface area contributed by atoms with E-state index in [2.05, 4.69) is 120 Å².